The number of rotatable bonds is 5. The van der Waals surface area contributed by atoms with Crippen molar-refractivity contribution in [2.24, 2.45) is 5.92 Å². The lowest BCUT2D eigenvalue weighted by atomic mass is 10.1. The standard InChI is InChI=1S/C12H21N3O/c1-10-14-5-7-15(10)6-4-13-9-11-2-3-12(16)8-11/h5,7,11-13,16H,2-4,6,8-9H2,1H3. The molecule has 1 fully saturated rings. The Morgan fingerprint density at radius 3 is 3.06 bits per heavy atom. The van der Waals surface area contributed by atoms with Crippen LogP contribution in [-0.4, -0.2) is 33.9 Å². The molecular formula is C12H21N3O. The number of aryl methyl sites for hydroxylation is 1. The summed E-state index contributed by atoms with van der Waals surface area (Å²) in [5.41, 5.74) is 0. The van der Waals surface area contributed by atoms with Crippen molar-refractivity contribution < 1.29 is 5.11 Å². The predicted octanol–water partition coefficient (Wildman–Crippen LogP) is 0.942. The van der Waals surface area contributed by atoms with Crippen molar-refractivity contribution in [1.82, 2.24) is 14.9 Å². The summed E-state index contributed by atoms with van der Waals surface area (Å²) in [6, 6.07) is 0. The smallest absolute Gasteiger partial charge is 0.105 e. The maximum atomic E-state index is 9.40. The maximum absolute atomic E-state index is 9.40. The molecule has 16 heavy (non-hydrogen) atoms. The Labute approximate surface area is 96.7 Å². The van der Waals surface area contributed by atoms with Crippen molar-refractivity contribution in [2.45, 2.75) is 38.8 Å². The van der Waals surface area contributed by atoms with Gasteiger partial charge in [0.25, 0.3) is 0 Å². The first-order valence-electron chi connectivity index (χ1n) is 6.12. The number of aliphatic hydroxyl groups is 1. The van der Waals surface area contributed by atoms with Gasteiger partial charge >= 0.3 is 0 Å². The van der Waals surface area contributed by atoms with Gasteiger partial charge in [0.15, 0.2) is 0 Å². The minimum Gasteiger partial charge on any atom is -0.393 e. The van der Waals surface area contributed by atoms with Gasteiger partial charge < -0.3 is 15.0 Å². The quantitative estimate of drug-likeness (QED) is 0.730. The molecule has 0 amide bonds. The van der Waals surface area contributed by atoms with E-state index in [1.165, 1.54) is 0 Å². The molecule has 1 aliphatic carbocycles. The SMILES string of the molecule is Cc1nccn1CCNCC1CCC(O)C1. The summed E-state index contributed by atoms with van der Waals surface area (Å²) < 4.78 is 2.15. The molecule has 4 nitrogen and oxygen atoms in total. The number of hydrogen-bond acceptors (Lipinski definition) is 3. The number of nitrogens with one attached hydrogen (secondary N) is 1. The first-order valence-corrected chi connectivity index (χ1v) is 6.12. The minimum absolute atomic E-state index is 0.0531. The van der Waals surface area contributed by atoms with E-state index in [-0.39, 0.29) is 6.10 Å². The van der Waals surface area contributed by atoms with Gasteiger partial charge in [-0.1, -0.05) is 0 Å². The molecule has 90 valence electrons. The van der Waals surface area contributed by atoms with Crippen LogP contribution < -0.4 is 5.32 Å². The summed E-state index contributed by atoms with van der Waals surface area (Å²) in [7, 11) is 0. The number of aliphatic hydroxyl groups excluding tert-OH is 1. The third-order valence-electron chi connectivity index (χ3n) is 3.40. The van der Waals surface area contributed by atoms with Crippen LogP contribution in [0.25, 0.3) is 0 Å². The number of nitrogens with zero attached hydrogens (tertiary/aromatic N) is 2. The summed E-state index contributed by atoms with van der Waals surface area (Å²) in [5, 5.41) is 12.9. The summed E-state index contributed by atoms with van der Waals surface area (Å²) >= 11 is 0. The number of hydrogen-bond donors (Lipinski definition) is 2. The Bertz CT molecular complexity index is 324. The minimum atomic E-state index is -0.0531. The first kappa shape index (κ1) is 11.6. The molecule has 1 saturated carbocycles. The highest BCUT2D eigenvalue weighted by Crippen LogP contribution is 2.24. The lowest BCUT2D eigenvalue weighted by Crippen LogP contribution is -2.25. The van der Waals surface area contributed by atoms with Gasteiger partial charge in [-0.15, -0.1) is 0 Å². The third kappa shape index (κ3) is 3.06. The van der Waals surface area contributed by atoms with Crippen molar-refractivity contribution in [2.75, 3.05) is 13.1 Å². The third-order valence-corrected chi connectivity index (χ3v) is 3.40. The Kier molecular flexibility index (Phi) is 3.96. The molecule has 0 aromatic carbocycles. The molecule has 2 rings (SSSR count). The van der Waals surface area contributed by atoms with Gasteiger partial charge in [-0.25, -0.2) is 4.98 Å². The Balaban J connectivity index is 1.60. The second-order valence-corrected chi connectivity index (χ2v) is 4.70. The molecular weight excluding hydrogens is 202 g/mol. The Hall–Kier alpha value is -0.870. The average molecular weight is 223 g/mol. The molecule has 1 aromatic rings. The molecule has 1 aromatic heterocycles. The van der Waals surface area contributed by atoms with Crippen molar-refractivity contribution in [3.05, 3.63) is 18.2 Å². The van der Waals surface area contributed by atoms with Gasteiger partial charge in [0, 0.05) is 25.5 Å². The van der Waals surface area contributed by atoms with Crippen LogP contribution in [0.1, 0.15) is 25.1 Å². The zero-order valence-corrected chi connectivity index (χ0v) is 9.89. The van der Waals surface area contributed by atoms with Gasteiger partial charge in [0.2, 0.25) is 0 Å². The normalized spacial score (nSPS) is 25.1. The van der Waals surface area contributed by atoms with E-state index < -0.39 is 0 Å². The summed E-state index contributed by atoms with van der Waals surface area (Å²) in [6.45, 7) is 5.00. The Morgan fingerprint density at radius 1 is 1.56 bits per heavy atom. The molecule has 0 spiro atoms. The van der Waals surface area contributed by atoms with E-state index in [0.717, 1.165) is 44.7 Å². The summed E-state index contributed by atoms with van der Waals surface area (Å²) in [5.74, 6) is 1.73. The molecule has 2 atom stereocenters. The molecule has 2 unspecified atom stereocenters. The fraction of sp³-hybridized carbons (Fsp3) is 0.750. The van der Waals surface area contributed by atoms with Gasteiger partial charge in [0.1, 0.15) is 5.82 Å². The van der Waals surface area contributed by atoms with Crippen LogP contribution in [0.5, 0.6) is 0 Å². The molecule has 4 heteroatoms. The fourth-order valence-electron chi connectivity index (χ4n) is 2.38. The maximum Gasteiger partial charge on any atom is 0.105 e. The Morgan fingerprint density at radius 2 is 2.44 bits per heavy atom. The number of imidazole rings is 1. The zero-order chi connectivity index (χ0) is 11.4. The van der Waals surface area contributed by atoms with Gasteiger partial charge in [0.05, 0.1) is 6.10 Å². The molecule has 2 N–H and O–H groups in total. The van der Waals surface area contributed by atoms with E-state index in [1.54, 1.807) is 0 Å². The topological polar surface area (TPSA) is 50.1 Å². The van der Waals surface area contributed by atoms with Crippen molar-refractivity contribution in [3.8, 4) is 0 Å². The zero-order valence-electron chi connectivity index (χ0n) is 9.89. The molecule has 1 heterocycles. The van der Waals surface area contributed by atoms with Gasteiger partial charge in [-0.05, 0) is 38.6 Å². The van der Waals surface area contributed by atoms with Gasteiger partial charge in [-0.2, -0.15) is 0 Å². The average Bonchev–Trinajstić information content (AvgIpc) is 2.83. The van der Waals surface area contributed by atoms with E-state index in [4.69, 9.17) is 0 Å². The van der Waals surface area contributed by atoms with E-state index >= 15 is 0 Å². The van der Waals surface area contributed by atoms with Crippen LogP contribution in [0.15, 0.2) is 12.4 Å². The van der Waals surface area contributed by atoms with Crippen LogP contribution in [-0.2, 0) is 6.54 Å². The van der Waals surface area contributed by atoms with Crippen LogP contribution in [0.3, 0.4) is 0 Å². The van der Waals surface area contributed by atoms with Crippen LogP contribution >= 0.6 is 0 Å². The largest absolute Gasteiger partial charge is 0.393 e. The highest BCUT2D eigenvalue weighted by Gasteiger charge is 2.21. The van der Waals surface area contributed by atoms with E-state index in [9.17, 15) is 5.11 Å². The molecule has 0 aliphatic heterocycles. The highest BCUT2D eigenvalue weighted by atomic mass is 16.3. The van der Waals surface area contributed by atoms with E-state index in [2.05, 4.69) is 14.9 Å². The van der Waals surface area contributed by atoms with E-state index in [0.29, 0.717) is 5.92 Å². The van der Waals surface area contributed by atoms with Crippen LogP contribution in [0, 0.1) is 12.8 Å². The van der Waals surface area contributed by atoms with Crippen LogP contribution in [0.2, 0.25) is 0 Å². The predicted molar refractivity (Wildman–Crippen MR) is 63.2 cm³/mol. The van der Waals surface area contributed by atoms with Crippen LogP contribution in [0.4, 0.5) is 0 Å². The monoisotopic (exact) mass is 223 g/mol. The second-order valence-electron chi connectivity index (χ2n) is 4.70. The molecule has 0 radical (unpaired) electrons. The first-order chi connectivity index (χ1) is 7.75. The summed E-state index contributed by atoms with van der Waals surface area (Å²) in [4.78, 5) is 4.18. The molecule has 0 saturated heterocycles. The lowest BCUT2D eigenvalue weighted by molar-refractivity contribution is 0.177. The second kappa shape index (κ2) is 5.46. The highest BCUT2D eigenvalue weighted by molar-refractivity contribution is 4.88. The number of aromatic nitrogens is 2. The molecule has 0 bridgehead atoms. The fourth-order valence-corrected chi connectivity index (χ4v) is 2.38. The van der Waals surface area contributed by atoms with Crippen molar-refractivity contribution in [1.29, 1.82) is 0 Å². The van der Waals surface area contributed by atoms with Crippen molar-refractivity contribution in [3.63, 3.8) is 0 Å². The van der Waals surface area contributed by atoms with Gasteiger partial charge in [-0.3, -0.25) is 0 Å². The lowest BCUT2D eigenvalue weighted by Gasteiger charge is -2.11. The van der Waals surface area contributed by atoms with Crippen molar-refractivity contribution >= 4 is 0 Å². The molecule has 1 aliphatic rings. The summed E-state index contributed by atoms with van der Waals surface area (Å²) in [6.07, 6.45) is 6.91. The van der Waals surface area contributed by atoms with E-state index in [1.807, 2.05) is 19.3 Å².